The first kappa shape index (κ1) is 15.7. The quantitative estimate of drug-likeness (QED) is 0.616. The summed E-state index contributed by atoms with van der Waals surface area (Å²) in [6.07, 6.45) is 0. The summed E-state index contributed by atoms with van der Waals surface area (Å²) in [5.41, 5.74) is -0.0223. The Hall–Kier alpha value is -1.31. The van der Waals surface area contributed by atoms with Crippen LogP contribution in [-0.2, 0) is 10.2 Å². The lowest BCUT2D eigenvalue weighted by atomic mass is 9.90. The predicted octanol–water partition coefficient (Wildman–Crippen LogP) is 3.73. The van der Waals surface area contributed by atoms with E-state index in [1.54, 1.807) is 6.92 Å². The number of ether oxygens (including phenoxy) is 1. The SMILES string of the molecule is CCOC(=O)c1c(Cl)c(C(C)(C)C)nc(Cl)c1C#N. The third-order valence-corrected chi connectivity index (χ3v) is 3.04. The highest BCUT2D eigenvalue weighted by Crippen LogP contribution is 2.35. The molecule has 0 aliphatic carbocycles. The molecule has 1 aromatic rings. The lowest BCUT2D eigenvalue weighted by Crippen LogP contribution is -2.19. The zero-order chi connectivity index (χ0) is 14.8. The minimum absolute atomic E-state index is 0.0176. The molecule has 1 aromatic heterocycles. The van der Waals surface area contributed by atoms with E-state index in [1.165, 1.54) is 0 Å². The molecule has 1 heterocycles. The summed E-state index contributed by atoms with van der Waals surface area (Å²) in [5.74, 6) is -0.668. The van der Waals surface area contributed by atoms with Crippen molar-refractivity contribution in [3.63, 3.8) is 0 Å². The number of carbonyl (C=O) groups is 1. The summed E-state index contributed by atoms with van der Waals surface area (Å²) in [5, 5.41) is 9.17. The van der Waals surface area contributed by atoms with E-state index in [0.29, 0.717) is 5.69 Å². The molecule has 6 heteroatoms. The van der Waals surface area contributed by atoms with E-state index in [-0.39, 0.29) is 27.9 Å². The van der Waals surface area contributed by atoms with Gasteiger partial charge in [0.15, 0.2) is 0 Å². The first-order valence-electron chi connectivity index (χ1n) is 5.70. The number of pyridine rings is 1. The van der Waals surface area contributed by atoms with Crippen LogP contribution >= 0.6 is 23.2 Å². The molecule has 1 rings (SSSR count). The van der Waals surface area contributed by atoms with E-state index in [1.807, 2.05) is 26.8 Å². The van der Waals surface area contributed by atoms with Gasteiger partial charge >= 0.3 is 5.97 Å². The number of halogens is 2. The summed E-state index contributed by atoms with van der Waals surface area (Å²) < 4.78 is 4.91. The fraction of sp³-hybridized carbons (Fsp3) is 0.462. The minimum Gasteiger partial charge on any atom is -0.462 e. The van der Waals surface area contributed by atoms with Crippen molar-refractivity contribution in [2.75, 3.05) is 6.61 Å². The van der Waals surface area contributed by atoms with Crippen molar-refractivity contribution < 1.29 is 9.53 Å². The zero-order valence-electron chi connectivity index (χ0n) is 11.2. The molecular weight excluding hydrogens is 287 g/mol. The molecule has 4 nitrogen and oxygen atoms in total. The largest absolute Gasteiger partial charge is 0.462 e. The van der Waals surface area contributed by atoms with Crippen LogP contribution in [0.15, 0.2) is 0 Å². The number of carbonyl (C=O) groups excluding carboxylic acids is 1. The summed E-state index contributed by atoms with van der Waals surface area (Å²) in [4.78, 5) is 16.1. The van der Waals surface area contributed by atoms with E-state index in [0.717, 1.165) is 0 Å². The van der Waals surface area contributed by atoms with Gasteiger partial charge in [-0.15, -0.1) is 0 Å². The Morgan fingerprint density at radius 1 is 1.42 bits per heavy atom. The Bertz CT molecular complexity index is 557. The number of aromatic nitrogens is 1. The third-order valence-electron chi connectivity index (χ3n) is 2.40. The van der Waals surface area contributed by atoms with Gasteiger partial charge in [-0.05, 0) is 6.92 Å². The fourth-order valence-corrected chi connectivity index (χ4v) is 2.25. The van der Waals surface area contributed by atoms with Crippen molar-refractivity contribution in [1.29, 1.82) is 5.26 Å². The van der Waals surface area contributed by atoms with Gasteiger partial charge in [0.25, 0.3) is 0 Å². The molecule has 0 aliphatic rings. The summed E-state index contributed by atoms with van der Waals surface area (Å²) in [6, 6.07) is 1.84. The monoisotopic (exact) mass is 300 g/mol. The highest BCUT2D eigenvalue weighted by atomic mass is 35.5. The molecule has 0 radical (unpaired) electrons. The molecule has 0 aliphatic heterocycles. The van der Waals surface area contributed by atoms with Crippen molar-refractivity contribution in [2.45, 2.75) is 33.1 Å². The van der Waals surface area contributed by atoms with Gasteiger partial charge in [-0.2, -0.15) is 5.26 Å². The van der Waals surface area contributed by atoms with Gasteiger partial charge in [0, 0.05) is 5.41 Å². The Balaban J connectivity index is 3.63. The first-order valence-corrected chi connectivity index (χ1v) is 6.46. The Morgan fingerprint density at radius 2 is 2.00 bits per heavy atom. The van der Waals surface area contributed by atoms with E-state index in [4.69, 9.17) is 33.2 Å². The Kier molecular flexibility index (Phi) is 4.78. The molecule has 19 heavy (non-hydrogen) atoms. The van der Waals surface area contributed by atoms with Gasteiger partial charge in [-0.1, -0.05) is 44.0 Å². The van der Waals surface area contributed by atoms with Gasteiger partial charge in [-0.3, -0.25) is 0 Å². The average molecular weight is 301 g/mol. The second-order valence-electron chi connectivity index (χ2n) is 4.90. The summed E-state index contributed by atoms with van der Waals surface area (Å²) in [6.45, 7) is 7.52. The smallest absolute Gasteiger partial charge is 0.341 e. The molecule has 0 fully saturated rings. The zero-order valence-corrected chi connectivity index (χ0v) is 12.7. The number of esters is 1. The molecule has 0 atom stereocenters. The molecule has 0 N–H and O–H groups in total. The van der Waals surface area contributed by atoms with Gasteiger partial charge in [0.2, 0.25) is 0 Å². The maximum absolute atomic E-state index is 11.9. The summed E-state index contributed by atoms with van der Waals surface area (Å²) in [7, 11) is 0. The molecule has 0 unspecified atom stereocenters. The number of hydrogen-bond donors (Lipinski definition) is 0. The number of nitriles is 1. The predicted molar refractivity (Wildman–Crippen MR) is 73.6 cm³/mol. The standard InChI is InChI=1S/C13H14Cl2N2O2/c1-5-19-12(18)8-7(6-16)11(15)17-10(9(8)14)13(2,3)4/h5H2,1-4H3. The Labute approximate surface area is 122 Å². The van der Waals surface area contributed by atoms with Crippen LogP contribution in [0.1, 0.15) is 49.3 Å². The van der Waals surface area contributed by atoms with Crippen molar-refractivity contribution >= 4 is 29.2 Å². The second kappa shape index (κ2) is 5.77. The topological polar surface area (TPSA) is 63.0 Å². The van der Waals surface area contributed by atoms with Crippen LogP contribution in [0.25, 0.3) is 0 Å². The van der Waals surface area contributed by atoms with Crippen LogP contribution in [0, 0.1) is 11.3 Å². The summed E-state index contributed by atoms with van der Waals surface area (Å²) >= 11 is 12.2. The van der Waals surface area contributed by atoms with E-state index < -0.39 is 11.4 Å². The highest BCUT2D eigenvalue weighted by molar-refractivity contribution is 6.36. The molecule has 0 saturated carbocycles. The van der Waals surface area contributed by atoms with Gasteiger partial charge in [0.1, 0.15) is 22.3 Å². The molecule has 102 valence electrons. The highest BCUT2D eigenvalue weighted by Gasteiger charge is 2.29. The van der Waals surface area contributed by atoms with Gasteiger partial charge < -0.3 is 4.74 Å². The van der Waals surface area contributed by atoms with Crippen LogP contribution in [-0.4, -0.2) is 17.6 Å². The lowest BCUT2D eigenvalue weighted by molar-refractivity contribution is 0.0526. The lowest BCUT2D eigenvalue weighted by Gasteiger charge is -2.21. The molecule has 0 bridgehead atoms. The van der Waals surface area contributed by atoms with Crippen molar-refractivity contribution in [3.05, 3.63) is 27.0 Å². The number of hydrogen-bond acceptors (Lipinski definition) is 4. The van der Waals surface area contributed by atoms with E-state index >= 15 is 0 Å². The normalized spacial score (nSPS) is 11.0. The van der Waals surface area contributed by atoms with Crippen molar-refractivity contribution in [1.82, 2.24) is 4.98 Å². The average Bonchev–Trinajstić information content (AvgIpc) is 2.29. The molecule has 0 spiro atoms. The molecular formula is C13H14Cl2N2O2. The van der Waals surface area contributed by atoms with Crippen LogP contribution in [0.2, 0.25) is 10.2 Å². The van der Waals surface area contributed by atoms with Crippen LogP contribution < -0.4 is 0 Å². The maximum atomic E-state index is 11.9. The van der Waals surface area contributed by atoms with Crippen molar-refractivity contribution in [2.24, 2.45) is 0 Å². The van der Waals surface area contributed by atoms with Crippen molar-refractivity contribution in [3.8, 4) is 6.07 Å². The Morgan fingerprint density at radius 3 is 2.42 bits per heavy atom. The van der Waals surface area contributed by atoms with Gasteiger partial charge in [-0.25, -0.2) is 9.78 Å². The molecule has 0 amide bonds. The first-order chi connectivity index (χ1) is 8.73. The van der Waals surface area contributed by atoms with Gasteiger partial charge in [0.05, 0.1) is 17.3 Å². The van der Waals surface area contributed by atoms with E-state index in [9.17, 15) is 4.79 Å². The van der Waals surface area contributed by atoms with Crippen LogP contribution in [0.5, 0.6) is 0 Å². The van der Waals surface area contributed by atoms with Crippen LogP contribution in [0.4, 0.5) is 0 Å². The fourth-order valence-electron chi connectivity index (χ4n) is 1.53. The van der Waals surface area contributed by atoms with E-state index in [2.05, 4.69) is 4.98 Å². The number of rotatable bonds is 2. The van der Waals surface area contributed by atoms with Crippen LogP contribution in [0.3, 0.4) is 0 Å². The molecule has 0 saturated heterocycles. The number of nitrogens with zero attached hydrogens (tertiary/aromatic N) is 2. The minimum atomic E-state index is -0.668. The second-order valence-corrected chi connectivity index (χ2v) is 5.63. The maximum Gasteiger partial charge on any atom is 0.341 e. The molecule has 0 aromatic carbocycles. The third kappa shape index (κ3) is 3.17.